The highest BCUT2D eigenvalue weighted by atomic mass is 35.5. The maximum Gasteiger partial charge on any atom is 0.200 e. The van der Waals surface area contributed by atoms with Crippen molar-refractivity contribution in [1.29, 1.82) is 0 Å². The predicted octanol–water partition coefficient (Wildman–Crippen LogP) is 3.76. The van der Waals surface area contributed by atoms with E-state index >= 15 is 0 Å². The molecule has 7 nitrogen and oxygen atoms in total. The Labute approximate surface area is 186 Å². The van der Waals surface area contributed by atoms with E-state index in [2.05, 4.69) is 26.9 Å². The van der Waals surface area contributed by atoms with Crippen LogP contribution in [-0.2, 0) is 4.74 Å². The van der Waals surface area contributed by atoms with Crippen LogP contribution in [0, 0.1) is 6.92 Å². The zero-order valence-corrected chi connectivity index (χ0v) is 18.2. The molecular weight excluding hydrogens is 416 g/mol. The number of aromatic nitrogens is 2. The number of morpholine rings is 1. The highest BCUT2D eigenvalue weighted by Crippen LogP contribution is 2.29. The minimum Gasteiger partial charge on any atom is -0.383 e. The van der Waals surface area contributed by atoms with Crippen LogP contribution in [-0.4, -0.2) is 60.2 Å². The molecule has 4 rings (SSSR count). The van der Waals surface area contributed by atoms with Gasteiger partial charge in [-0.3, -0.25) is 9.69 Å². The van der Waals surface area contributed by atoms with Gasteiger partial charge in [0.1, 0.15) is 11.5 Å². The van der Waals surface area contributed by atoms with Gasteiger partial charge >= 0.3 is 0 Å². The average molecular weight is 441 g/mol. The van der Waals surface area contributed by atoms with E-state index in [1.807, 2.05) is 12.1 Å². The van der Waals surface area contributed by atoms with Crippen LogP contribution in [0.2, 0.25) is 5.02 Å². The highest BCUT2D eigenvalue weighted by molar-refractivity contribution is 6.30. The Morgan fingerprint density at radius 1 is 1.29 bits per heavy atom. The van der Waals surface area contributed by atoms with Gasteiger partial charge in [-0.25, -0.2) is 0 Å². The van der Waals surface area contributed by atoms with E-state index in [-0.39, 0.29) is 5.78 Å². The molecule has 1 aliphatic rings. The second-order valence-corrected chi connectivity index (χ2v) is 7.90. The van der Waals surface area contributed by atoms with E-state index < -0.39 is 0 Å². The van der Waals surface area contributed by atoms with Gasteiger partial charge in [0.25, 0.3) is 0 Å². The van der Waals surface area contributed by atoms with Crippen LogP contribution in [0.3, 0.4) is 0 Å². The number of hydrogen-bond donors (Lipinski definition) is 2. The fraction of sp³-hybridized carbons (Fsp3) is 0.304. The summed E-state index contributed by atoms with van der Waals surface area (Å²) in [6.45, 7) is 11.0. The summed E-state index contributed by atoms with van der Waals surface area (Å²) in [5.74, 6) is 0.312. The summed E-state index contributed by atoms with van der Waals surface area (Å²) in [6, 6.07) is 8.95. The first-order chi connectivity index (χ1) is 15.0. The van der Waals surface area contributed by atoms with Crippen molar-refractivity contribution in [1.82, 2.24) is 20.4 Å². The number of carbonyl (C=O) groups excluding carboxylic acids is 1. The second-order valence-electron chi connectivity index (χ2n) is 7.46. The molecule has 0 aliphatic carbocycles. The number of ether oxygens (including phenoxy) is 1. The molecule has 2 N–H and O–H groups in total. The van der Waals surface area contributed by atoms with Crippen molar-refractivity contribution >= 4 is 23.1 Å². The van der Waals surface area contributed by atoms with Crippen LogP contribution >= 0.6 is 11.6 Å². The third-order valence-electron chi connectivity index (χ3n) is 5.35. The standard InChI is InChI=1S/C23H25ClN4O3/c1-15(25-7-8-28-9-11-30-12-10-28)20-13-18(14-26-20)23(29)21-16(2)31-27-22(21)17-3-5-19(24)6-4-17/h3-6,13-14,25-26H,1,7-12H2,2H3. The van der Waals surface area contributed by atoms with Gasteiger partial charge in [-0.1, -0.05) is 35.5 Å². The molecule has 0 radical (unpaired) electrons. The van der Waals surface area contributed by atoms with Crippen molar-refractivity contribution in [2.75, 3.05) is 39.4 Å². The van der Waals surface area contributed by atoms with Gasteiger partial charge in [0, 0.05) is 48.5 Å². The number of nitrogens with one attached hydrogen (secondary N) is 2. The molecule has 0 spiro atoms. The molecule has 1 aromatic carbocycles. The van der Waals surface area contributed by atoms with Crippen molar-refractivity contribution in [3.8, 4) is 11.3 Å². The summed E-state index contributed by atoms with van der Waals surface area (Å²) in [5.41, 5.74) is 3.75. The smallest absolute Gasteiger partial charge is 0.200 e. The minimum atomic E-state index is -0.160. The van der Waals surface area contributed by atoms with Crippen LogP contribution in [0.1, 0.15) is 27.4 Å². The lowest BCUT2D eigenvalue weighted by molar-refractivity contribution is 0.0388. The van der Waals surface area contributed by atoms with Gasteiger partial charge in [-0.2, -0.15) is 0 Å². The van der Waals surface area contributed by atoms with Gasteiger partial charge < -0.3 is 19.6 Å². The zero-order valence-electron chi connectivity index (χ0n) is 17.4. The normalized spacial score (nSPS) is 14.5. The summed E-state index contributed by atoms with van der Waals surface area (Å²) in [7, 11) is 0. The topological polar surface area (TPSA) is 83.4 Å². The Kier molecular flexibility index (Phi) is 6.56. The quantitative estimate of drug-likeness (QED) is 0.519. The number of carbonyl (C=O) groups is 1. The first-order valence-corrected chi connectivity index (χ1v) is 10.6. The fourth-order valence-electron chi connectivity index (χ4n) is 3.57. The first-order valence-electron chi connectivity index (χ1n) is 10.2. The molecule has 0 amide bonds. The Bertz CT molecular complexity index is 1060. The minimum absolute atomic E-state index is 0.160. The largest absolute Gasteiger partial charge is 0.383 e. The molecule has 0 unspecified atom stereocenters. The summed E-state index contributed by atoms with van der Waals surface area (Å²) >= 11 is 5.98. The van der Waals surface area contributed by atoms with Crippen molar-refractivity contribution < 1.29 is 14.1 Å². The molecule has 1 aliphatic heterocycles. The highest BCUT2D eigenvalue weighted by Gasteiger charge is 2.24. The van der Waals surface area contributed by atoms with Crippen molar-refractivity contribution in [2.45, 2.75) is 6.92 Å². The van der Waals surface area contributed by atoms with E-state index in [0.717, 1.165) is 56.3 Å². The van der Waals surface area contributed by atoms with E-state index in [9.17, 15) is 4.79 Å². The van der Waals surface area contributed by atoms with Crippen LogP contribution < -0.4 is 5.32 Å². The molecule has 3 heterocycles. The second kappa shape index (κ2) is 9.51. The third kappa shape index (κ3) is 4.90. The number of aromatic amines is 1. The molecule has 0 saturated carbocycles. The third-order valence-corrected chi connectivity index (χ3v) is 5.60. The Morgan fingerprint density at radius 2 is 2.03 bits per heavy atom. The van der Waals surface area contributed by atoms with Crippen molar-refractivity contribution in [3.63, 3.8) is 0 Å². The lowest BCUT2D eigenvalue weighted by Crippen LogP contribution is -2.40. The van der Waals surface area contributed by atoms with Crippen molar-refractivity contribution in [3.05, 3.63) is 70.7 Å². The molecule has 0 atom stereocenters. The molecule has 1 saturated heterocycles. The summed E-state index contributed by atoms with van der Waals surface area (Å²) < 4.78 is 10.7. The van der Waals surface area contributed by atoms with Crippen LogP contribution in [0.5, 0.6) is 0 Å². The molecule has 31 heavy (non-hydrogen) atoms. The SMILES string of the molecule is C=C(NCCN1CCOCC1)c1cc(C(=O)c2c(-c3ccc(Cl)cc3)noc2C)c[nH]1. The zero-order chi connectivity index (χ0) is 21.8. The van der Waals surface area contributed by atoms with Gasteiger partial charge in [0.05, 0.1) is 30.2 Å². The number of rotatable bonds is 8. The van der Waals surface area contributed by atoms with Crippen LogP contribution in [0.25, 0.3) is 17.0 Å². The maximum absolute atomic E-state index is 13.2. The van der Waals surface area contributed by atoms with Crippen LogP contribution in [0.15, 0.2) is 47.6 Å². The number of ketones is 1. The fourth-order valence-corrected chi connectivity index (χ4v) is 3.70. The Balaban J connectivity index is 1.44. The number of hydrogen-bond acceptors (Lipinski definition) is 6. The summed E-state index contributed by atoms with van der Waals surface area (Å²) in [5, 5.41) is 8.04. The number of nitrogens with zero attached hydrogens (tertiary/aromatic N) is 2. The molecule has 162 valence electrons. The number of aryl methyl sites for hydroxylation is 1. The van der Waals surface area contributed by atoms with E-state index in [1.54, 1.807) is 31.3 Å². The molecule has 1 fully saturated rings. The van der Waals surface area contributed by atoms with Gasteiger partial charge in [0.15, 0.2) is 5.78 Å². The van der Waals surface area contributed by atoms with Gasteiger partial charge in [0.2, 0.25) is 0 Å². The molecule has 8 heteroatoms. The molecule has 2 aromatic heterocycles. The molecule has 3 aromatic rings. The monoisotopic (exact) mass is 440 g/mol. The Hall–Kier alpha value is -2.87. The maximum atomic E-state index is 13.2. The van der Waals surface area contributed by atoms with Crippen molar-refractivity contribution in [2.24, 2.45) is 0 Å². The Morgan fingerprint density at radius 3 is 2.77 bits per heavy atom. The lowest BCUT2D eigenvalue weighted by atomic mass is 9.99. The van der Waals surface area contributed by atoms with E-state index in [4.69, 9.17) is 20.9 Å². The molecule has 0 bridgehead atoms. The first kappa shape index (κ1) is 21.4. The van der Waals surface area contributed by atoms with Gasteiger partial charge in [-0.05, 0) is 25.1 Å². The van der Waals surface area contributed by atoms with Crippen LogP contribution in [0.4, 0.5) is 0 Å². The number of H-pyrrole nitrogens is 1. The summed E-state index contributed by atoms with van der Waals surface area (Å²) in [4.78, 5) is 18.7. The average Bonchev–Trinajstić information content (AvgIpc) is 3.42. The predicted molar refractivity (Wildman–Crippen MR) is 120 cm³/mol. The van der Waals surface area contributed by atoms with Gasteiger partial charge in [-0.15, -0.1) is 0 Å². The van der Waals surface area contributed by atoms with E-state index in [0.29, 0.717) is 27.6 Å². The van der Waals surface area contributed by atoms with E-state index in [1.165, 1.54) is 0 Å². The number of benzene rings is 1. The number of halogens is 1. The summed E-state index contributed by atoms with van der Waals surface area (Å²) in [6.07, 6.45) is 1.69. The lowest BCUT2D eigenvalue weighted by Gasteiger charge is -2.26. The molecular formula is C23H25ClN4O3.